The van der Waals surface area contributed by atoms with Gasteiger partial charge in [0.15, 0.2) is 0 Å². The quantitative estimate of drug-likeness (QED) is 0.817. The summed E-state index contributed by atoms with van der Waals surface area (Å²) in [6.45, 7) is 8.91. The number of piperidine rings is 1. The number of hydrogen-bond donors (Lipinski definition) is 1. The van der Waals surface area contributed by atoms with E-state index in [0.29, 0.717) is 11.6 Å². The summed E-state index contributed by atoms with van der Waals surface area (Å²) < 4.78 is 5.76. The lowest BCUT2D eigenvalue weighted by Gasteiger charge is -2.46. The largest absolute Gasteiger partial charge is 0.377 e. The first-order chi connectivity index (χ1) is 8.12. The third kappa shape index (κ3) is 3.43. The molecule has 0 aromatic rings. The lowest BCUT2D eigenvalue weighted by atomic mass is 9.81. The molecule has 2 fully saturated rings. The van der Waals surface area contributed by atoms with Gasteiger partial charge in [0, 0.05) is 18.7 Å². The summed E-state index contributed by atoms with van der Waals surface area (Å²) in [7, 11) is 0. The van der Waals surface area contributed by atoms with Crippen molar-refractivity contribution in [3.05, 3.63) is 0 Å². The van der Waals surface area contributed by atoms with Gasteiger partial charge in [-0.05, 0) is 65.0 Å². The molecular weight excluding hydrogens is 212 g/mol. The number of hydrogen-bond acceptors (Lipinski definition) is 3. The molecule has 2 aliphatic heterocycles. The Balaban J connectivity index is 1.86. The highest BCUT2D eigenvalue weighted by molar-refractivity contribution is 4.90. The van der Waals surface area contributed by atoms with Gasteiger partial charge in [0.05, 0.1) is 6.10 Å². The number of rotatable bonds is 4. The van der Waals surface area contributed by atoms with E-state index in [1.165, 1.54) is 38.6 Å². The lowest BCUT2D eigenvalue weighted by Crippen LogP contribution is -2.52. The fraction of sp³-hybridized carbons (Fsp3) is 1.00. The van der Waals surface area contributed by atoms with Crippen molar-refractivity contribution in [2.24, 2.45) is 11.7 Å². The van der Waals surface area contributed by atoms with E-state index in [2.05, 4.69) is 18.7 Å². The van der Waals surface area contributed by atoms with E-state index >= 15 is 0 Å². The highest BCUT2D eigenvalue weighted by atomic mass is 16.5. The standard InChI is InChI=1S/C14H28N2O/c1-14(2)10-12(5-7-15)6-8-16(14)11-13-4-3-9-17-13/h12-13H,3-11,15H2,1-2H3. The van der Waals surface area contributed by atoms with Crippen LogP contribution >= 0.6 is 0 Å². The molecule has 0 radical (unpaired) electrons. The molecule has 2 N–H and O–H groups in total. The Bertz CT molecular complexity index is 236. The van der Waals surface area contributed by atoms with Crippen LogP contribution in [0.2, 0.25) is 0 Å². The number of nitrogens with two attached hydrogens (primary N) is 1. The number of likely N-dealkylation sites (tertiary alicyclic amines) is 1. The first-order valence-electron chi connectivity index (χ1n) is 7.18. The van der Waals surface area contributed by atoms with Gasteiger partial charge in [-0.15, -0.1) is 0 Å². The third-order valence-electron chi connectivity index (χ3n) is 4.47. The van der Waals surface area contributed by atoms with Crippen LogP contribution in [0.25, 0.3) is 0 Å². The van der Waals surface area contributed by atoms with Gasteiger partial charge in [0.25, 0.3) is 0 Å². The van der Waals surface area contributed by atoms with Crippen molar-refractivity contribution >= 4 is 0 Å². The normalized spacial score (nSPS) is 34.1. The predicted molar refractivity (Wildman–Crippen MR) is 71.0 cm³/mol. The van der Waals surface area contributed by atoms with Gasteiger partial charge in [-0.1, -0.05) is 0 Å². The van der Waals surface area contributed by atoms with Gasteiger partial charge in [-0.3, -0.25) is 4.90 Å². The molecule has 2 unspecified atom stereocenters. The minimum atomic E-state index is 0.323. The maximum atomic E-state index is 5.76. The van der Waals surface area contributed by atoms with E-state index in [4.69, 9.17) is 10.5 Å². The second-order valence-electron chi connectivity index (χ2n) is 6.33. The summed E-state index contributed by atoms with van der Waals surface area (Å²) in [5.74, 6) is 0.829. The maximum Gasteiger partial charge on any atom is 0.0703 e. The second-order valence-corrected chi connectivity index (χ2v) is 6.33. The monoisotopic (exact) mass is 240 g/mol. The van der Waals surface area contributed by atoms with Crippen LogP contribution in [0.15, 0.2) is 0 Å². The highest BCUT2D eigenvalue weighted by Gasteiger charge is 2.35. The Kier molecular flexibility index (Phi) is 4.45. The highest BCUT2D eigenvalue weighted by Crippen LogP contribution is 2.33. The zero-order chi connectivity index (χ0) is 12.3. The summed E-state index contributed by atoms with van der Waals surface area (Å²) in [5, 5.41) is 0. The molecule has 0 aliphatic carbocycles. The summed E-state index contributed by atoms with van der Waals surface area (Å²) in [4.78, 5) is 2.63. The molecule has 2 saturated heterocycles. The molecule has 3 heteroatoms. The molecular formula is C14H28N2O. The van der Waals surface area contributed by atoms with Crippen molar-refractivity contribution in [3.63, 3.8) is 0 Å². The molecule has 0 bridgehead atoms. The number of ether oxygens (including phenoxy) is 1. The zero-order valence-corrected chi connectivity index (χ0v) is 11.5. The Labute approximate surface area is 106 Å². The Morgan fingerprint density at radius 3 is 2.76 bits per heavy atom. The van der Waals surface area contributed by atoms with Crippen LogP contribution in [0, 0.1) is 5.92 Å². The second kappa shape index (κ2) is 5.68. The van der Waals surface area contributed by atoms with Crippen LogP contribution in [0.5, 0.6) is 0 Å². The maximum absolute atomic E-state index is 5.76. The smallest absolute Gasteiger partial charge is 0.0703 e. The van der Waals surface area contributed by atoms with Gasteiger partial charge < -0.3 is 10.5 Å². The summed E-state index contributed by atoms with van der Waals surface area (Å²) >= 11 is 0. The van der Waals surface area contributed by atoms with E-state index in [-0.39, 0.29) is 0 Å². The van der Waals surface area contributed by atoms with Crippen LogP contribution in [0.4, 0.5) is 0 Å². The molecule has 0 spiro atoms. The first-order valence-corrected chi connectivity index (χ1v) is 7.18. The fourth-order valence-electron chi connectivity index (χ4n) is 3.43. The molecule has 2 atom stereocenters. The zero-order valence-electron chi connectivity index (χ0n) is 11.5. The van der Waals surface area contributed by atoms with Crippen molar-refractivity contribution in [3.8, 4) is 0 Å². The molecule has 2 rings (SSSR count). The molecule has 2 heterocycles. The molecule has 17 heavy (non-hydrogen) atoms. The third-order valence-corrected chi connectivity index (χ3v) is 4.47. The van der Waals surface area contributed by atoms with Crippen LogP contribution in [-0.2, 0) is 4.74 Å². The van der Waals surface area contributed by atoms with E-state index in [0.717, 1.165) is 25.6 Å². The molecule has 0 amide bonds. The molecule has 100 valence electrons. The molecule has 0 aromatic heterocycles. The van der Waals surface area contributed by atoms with Gasteiger partial charge in [0.1, 0.15) is 0 Å². The number of nitrogens with zero attached hydrogens (tertiary/aromatic N) is 1. The van der Waals surface area contributed by atoms with Crippen LogP contribution in [0.1, 0.15) is 46.0 Å². The predicted octanol–water partition coefficient (Wildman–Crippen LogP) is 2.00. The van der Waals surface area contributed by atoms with Crippen LogP contribution in [0.3, 0.4) is 0 Å². The minimum Gasteiger partial charge on any atom is -0.377 e. The molecule has 3 nitrogen and oxygen atoms in total. The lowest BCUT2D eigenvalue weighted by molar-refractivity contribution is -0.00348. The Hall–Kier alpha value is -0.120. The van der Waals surface area contributed by atoms with E-state index in [1.807, 2.05) is 0 Å². The fourth-order valence-corrected chi connectivity index (χ4v) is 3.43. The van der Waals surface area contributed by atoms with Gasteiger partial charge in [0.2, 0.25) is 0 Å². The van der Waals surface area contributed by atoms with Gasteiger partial charge in [-0.25, -0.2) is 0 Å². The first kappa shape index (κ1) is 13.3. The molecule has 0 aromatic carbocycles. The Morgan fingerprint density at radius 1 is 1.35 bits per heavy atom. The summed E-state index contributed by atoms with van der Waals surface area (Å²) in [6.07, 6.45) is 6.77. The molecule has 0 saturated carbocycles. The average molecular weight is 240 g/mol. The van der Waals surface area contributed by atoms with Crippen molar-refractivity contribution in [2.75, 3.05) is 26.2 Å². The van der Waals surface area contributed by atoms with Crippen LogP contribution < -0.4 is 5.73 Å². The average Bonchev–Trinajstić information content (AvgIpc) is 2.74. The van der Waals surface area contributed by atoms with Crippen molar-refractivity contribution < 1.29 is 4.74 Å². The van der Waals surface area contributed by atoms with Crippen molar-refractivity contribution in [2.45, 2.75) is 57.6 Å². The van der Waals surface area contributed by atoms with E-state index < -0.39 is 0 Å². The minimum absolute atomic E-state index is 0.323. The molecule has 2 aliphatic rings. The summed E-state index contributed by atoms with van der Waals surface area (Å²) in [6, 6.07) is 0. The van der Waals surface area contributed by atoms with Crippen molar-refractivity contribution in [1.29, 1.82) is 0 Å². The van der Waals surface area contributed by atoms with E-state index in [1.54, 1.807) is 0 Å². The van der Waals surface area contributed by atoms with Gasteiger partial charge >= 0.3 is 0 Å². The topological polar surface area (TPSA) is 38.5 Å². The van der Waals surface area contributed by atoms with Crippen molar-refractivity contribution in [1.82, 2.24) is 4.90 Å². The van der Waals surface area contributed by atoms with Gasteiger partial charge in [-0.2, -0.15) is 0 Å². The van der Waals surface area contributed by atoms with Crippen LogP contribution in [-0.4, -0.2) is 42.8 Å². The SMILES string of the molecule is CC1(C)CC(CCN)CCN1CC1CCCO1. The van der Waals surface area contributed by atoms with E-state index in [9.17, 15) is 0 Å². The Morgan fingerprint density at radius 2 is 2.18 bits per heavy atom. The summed E-state index contributed by atoms with van der Waals surface area (Å²) in [5.41, 5.74) is 6.00.